The van der Waals surface area contributed by atoms with Crippen molar-refractivity contribution >= 4 is 23.1 Å². The molecule has 0 spiro atoms. The maximum Gasteiger partial charge on any atom is 0.175 e. The lowest BCUT2D eigenvalue weighted by atomic mass is 10.3. The number of para-hydroxylation sites is 2. The molecule has 7 nitrogen and oxygen atoms in total. The Balaban J connectivity index is 1.79. The molecule has 0 bridgehead atoms. The Bertz CT molecular complexity index is 772. The molecule has 7 heteroatoms. The van der Waals surface area contributed by atoms with Crippen LogP contribution in [-0.4, -0.2) is 22.2 Å². The van der Waals surface area contributed by atoms with Gasteiger partial charge >= 0.3 is 0 Å². The molecule has 2 heterocycles. The molecule has 0 radical (unpaired) electrons. The monoisotopic (exact) mass is 297 g/mol. The molecule has 1 aromatic carbocycles. The van der Waals surface area contributed by atoms with E-state index in [0.29, 0.717) is 17.5 Å². The number of anilines is 4. The van der Waals surface area contributed by atoms with Gasteiger partial charge in [-0.2, -0.15) is 0 Å². The van der Waals surface area contributed by atoms with Crippen molar-refractivity contribution in [3.8, 4) is 5.75 Å². The molecule has 2 aromatic heterocycles. The summed E-state index contributed by atoms with van der Waals surface area (Å²) < 4.78 is 10.3. The number of rotatable bonds is 5. The molecule has 0 amide bonds. The first kappa shape index (κ1) is 13.9. The normalized spacial score (nSPS) is 10.3. The van der Waals surface area contributed by atoms with Gasteiger partial charge in [-0.15, -0.1) is 0 Å². The zero-order valence-corrected chi connectivity index (χ0v) is 12.2. The SMILES string of the molecule is COc1ccccc1Nc1cc(Nc2cc(C)on2)ncn1. The first-order chi connectivity index (χ1) is 10.7. The van der Waals surface area contributed by atoms with E-state index in [1.807, 2.05) is 31.2 Å². The van der Waals surface area contributed by atoms with Crippen LogP contribution in [0.3, 0.4) is 0 Å². The number of hydrogen-bond donors (Lipinski definition) is 2. The van der Waals surface area contributed by atoms with Gasteiger partial charge in [0.25, 0.3) is 0 Å². The van der Waals surface area contributed by atoms with Gasteiger partial charge in [0.1, 0.15) is 29.5 Å². The van der Waals surface area contributed by atoms with Crippen molar-refractivity contribution in [3.05, 3.63) is 48.5 Å². The van der Waals surface area contributed by atoms with E-state index in [1.165, 1.54) is 6.33 Å². The highest BCUT2D eigenvalue weighted by Crippen LogP contribution is 2.26. The van der Waals surface area contributed by atoms with Gasteiger partial charge in [0.2, 0.25) is 0 Å². The van der Waals surface area contributed by atoms with E-state index in [-0.39, 0.29) is 0 Å². The maximum atomic E-state index is 5.30. The smallest absolute Gasteiger partial charge is 0.175 e. The van der Waals surface area contributed by atoms with Gasteiger partial charge in [0.05, 0.1) is 12.8 Å². The molecule has 0 aliphatic carbocycles. The lowest BCUT2D eigenvalue weighted by Gasteiger charge is -2.10. The maximum absolute atomic E-state index is 5.30. The number of aromatic nitrogens is 3. The molecule has 2 N–H and O–H groups in total. The fourth-order valence-corrected chi connectivity index (χ4v) is 1.94. The summed E-state index contributed by atoms with van der Waals surface area (Å²) in [6.45, 7) is 1.83. The molecule has 0 unspecified atom stereocenters. The summed E-state index contributed by atoms with van der Waals surface area (Å²) in [5.74, 6) is 3.31. The number of ether oxygens (including phenoxy) is 1. The summed E-state index contributed by atoms with van der Waals surface area (Å²) in [5, 5.41) is 10.1. The van der Waals surface area contributed by atoms with E-state index in [9.17, 15) is 0 Å². The van der Waals surface area contributed by atoms with E-state index in [1.54, 1.807) is 19.2 Å². The number of aryl methyl sites for hydroxylation is 1. The Kier molecular flexibility index (Phi) is 3.86. The molecule has 0 saturated heterocycles. The van der Waals surface area contributed by atoms with E-state index < -0.39 is 0 Å². The molecule has 0 aliphatic heterocycles. The Hall–Kier alpha value is -3.09. The summed E-state index contributed by atoms with van der Waals surface area (Å²) in [4.78, 5) is 8.35. The molecular formula is C15H15N5O2. The molecule has 112 valence electrons. The summed E-state index contributed by atoms with van der Waals surface area (Å²) in [6, 6.07) is 11.2. The largest absolute Gasteiger partial charge is 0.495 e. The third-order valence-electron chi connectivity index (χ3n) is 2.92. The quantitative estimate of drug-likeness (QED) is 0.747. The van der Waals surface area contributed by atoms with Crippen LogP contribution in [0.2, 0.25) is 0 Å². The van der Waals surface area contributed by atoms with E-state index in [2.05, 4.69) is 25.8 Å². The highest BCUT2D eigenvalue weighted by Gasteiger charge is 2.06. The van der Waals surface area contributed by atoms with Gasteiger partial charge < -0.3 is 19.9 Å². The van der Waals surface area contributed by atoms with Crippen molar-refractivity contribution < 1.29 is 9.26 Å². The first-order valence-electron chi connectivity index (χ1n) is 6.67. The highest BCUT2D eigenvalue weighted by atomic mass is 16.5. The van der Waals surface area contributed by atoms with Gasteiger partial charge in [-0.25, -0.2) is 9.97 Å². The van der Waals surface area contributed by atoms with Crippen LogP contribution in [0, 0.1) is 6.92 Å². The van der Waals surface area contributed by atoms with Crippen LogP contribution >= 0.6 is 0 Å². The lowest BCUT2D eigenvalue weighted by molar-refractivity contribution is 0.400. The summed E-state index contributed by atoms with van der Waals surface area (Å²) in [5.41, 5.74) is 0.826. The third-order valence-corrected chi connectivity index (χ3v) is 2.92. The molecule has 22 heavy (non-hydrogen) atoms. The topological polar surface area (TPSA) is 85.1 Å². The van der Waals surface area contributed by atoms with E-state index in [4.69, 9.17) is 9.26 Å². The second kappa shape index (κ2) is 6.13. The fraction of sp³-hybridized carbons (Fsp3) is 0.133. The second-order valence-corrected chi connectivity index (χ2v) is 4.56. The van der Waals surface area contributed by atoms with E-state index >= 15 is 0 Å². The molecule has 3 rings (SSSR count). The standard InChI is InChI=1S/C15H15N5O2/c1-10-7-15(20-22-10)19-14-8-13(16-9-17-14)18-11-5-3-4-6-12(11)21-2/h3-9H,1-2H3,(H2,16,17,18,19,20). The van der Waals surface area contributed by atoms with Crippen molar-refractivity contribution in [1.29, 1.82) is 0 Å². The highest BCUT2D eigenvalue weighted by molar-refractivity contribution is 5.66. The lowest BCUT2D eigenvalue weighted by Crippen LogP contribution is -1.99. The van der Waals surface area contributed by atoms with Crippen LogP contribution in [-0.2, 0) is 0 Å². The molecule has 3 aromatic rings. The zero-order valence-electron chi connectivity index (χ0n) is 12.2. The average molecular weight is 297 g/mol. The predicted octanol–water partition coefficient (Wildman–Crippen LogP) is 3.27. The van der Waals surface area contributed by atoms with Crippen molar-refractivity contribution in [1.82, 2.24) is 15.1 Å². The predicted molar refractivity (Wildman–Crippen MR) is 82.8 cm³/mol. The number of hydrogen-bond acceptors (Lipinski definition) is 7. The van der Waals surface area contributed by atoms with Crippen molar-refractivity contribution in [3.63, 3.8) is 0 Å². The van der Waals surface area contributed by atoms with Crippen molar-refractivity contribution in [2.45, 2.75) is 6.92 Å². The minimum absolute atomic E-state index is 0.597. The van der Waals surface area contributed by atoms with Gasteiger partial charge in [0.15, 0.2) is 5.82 Å². The van der Waals surface area contributed by atoms with Crippen LogP contribution in [0.15, 0.2) is 47.2 Å². The molecular weight excluding hydrogens is 282 g/mol. The Morgan fingerprint density at radius 2 is 1.77 bits per heavy atom. The Morgan fingerprint density at radius 3 is 2.50 bits per heavy atom. The minimum Gasteiger partial charge on any atom is -0.495 e. The summed E-state index contributed by atoms with van der Waals surface area (Å²) in [6.07, 6.45) is 1.47. The minimum atomic E-state index is 0.597. The van der Waals surface area contributed by atoms with Crippen molar-refractivity contribution in [2.75, 3.05) is 17.7 Å². The van der Waals surface area contributed by atoms with Crippen LogP contribution in [0.25, 0.3) is 0 Å². The van der Waals surface area contributed by atoms with Crippen LogP contribution in [0.4, 0.5) is 23.1 Å². The summed E-state index contributed by atoms with van der Waals surface area (Å²) >= 11 is 0. The van der Waals surface area contributed by atoms with Crippen LogP contribution < -0.4 is 15.4 Å². The Morgan fingerprint density at radius 1 is 1.00 bits per heavy atom. The zero-order chi connectivity index (χ0) is 15.4. The number of nitrogens with one attached hydrogen (secondary N) is 2. The van der Waals surface area contributed by atoms with Gasteiger partial charge in [-0.05, 0) is 19.1 Å². The van der Waals surface area contributed by atoms with Crippen LogP contribution in [0.5, 0.6) is 5.75 Å². The van der Waals surface area contributed by atoms with E-state index in [0.717, 1.165) is 17.2 Å². The number of nitrogens with zero attached hydrogens (tertiary/aromatic N) is 3. The van der Waals surface area contributed by atoms with Gasteiger partial charge in [-0.3, -0.25) is 0 Å². The van der Waals surface area contributed by atoms with Crippen LogP contribution in [0.1, 0.15) is 5.76 Å². The molecule has 0 atom stereocenters. The fourth-order valence-electron chi connectivity index (χ4n) is 1.94. The summed E-state index contributed by atoms with van der Waals surface area (Å²) in [7, 11) is 1.63. The molecule has 0 fully saturated rings. The number of benzene rings is 1. The van der Waals surface area contributed by atoms with Crippen molar-refractivity contribution in [2.24, 2.45) is 0 Å². The first-order valence-corrected chi connectivity index (χ1v) is 6.67. The molecule has 0 saturated carbocycles. The number of methoxy groups -OCH3 is 1. The third kappa shape index (κ3) is 3.14. The second-order valence-electron chi connectivity index (χ2n) is 4.56. The van der Waals surface area contributed by atoms with Gasteiger partial charge in [0, 0.05) is 12.1 Å². The Labute approximate surface area is 127 Å². The average Bonchev–Trinajstić information content (AvgIpc) is 2.93. The molecule has 0 aliphatic rings. The van der Waals surface area contributed by atoms with Gasteiger partial charge in [-0.1, -0.05) is 17.3 Å².